The van der Waals surface area contributed by atoms with E-state index in [2.05, 4.69) is 178 Å². The summed E-state index contributed by atoms with van der Waals surface area (Å²) in [6.07, 6.45) is 4.88. The van der Waals surface area contributed by atoms with E-state index in [4.69, 9.17) is 0 Å². The Morgan fingerprint density at radius 1 is 0.489 bits per heavy atom. The third-order valence-electron chi connectivity index (χ3n) is 9.68. The van der Waals surface area contributed by atoms with Crippen molar-refractivity contribution in [2.45, 2.75) is 39.5 Å². The van der Waals surface area contributed by atoms with Gasteiger partial charge < -0.3 is 4.90 Å². The van der Waals surface area contributed by atoms with Crippen LogP contribution in [-0.4, -0.2) is 0 Å². The van der Waals surface area contributed by atoms with E-state index in [-0.39, 0.29) is 0 Å². The van der Waals surface area contributed by atoms with Gasteiger partial charge in [-0.1, -0.05) is 110 Å². The first-order valence-corrected chi connectivity index (χ1v) is 18.0. The molecule has 1 aliphatic rings. The number of nitrogens with zero attached hydrogens (tertiary/aromatic N) is 1. The fourth-order valence-electron chi connectivity index (χ4n) is 7.48. The average molecular weight is 738 g/mol. The second-order valence-corrected chi connectivity index (χ2v) is 14.7. The van der Waals surface area contributed by atoms with Gasteiger partial charge in [0.05, 0.1) is 0 Å². The van der Waals surface area contributed by atoms with Crippen molar-refractivity contribution in [1.82, 2.24) is 0 Å². The fourth-order valence-corrected chi connectivity index (χ4v) is 8.01. The van der Waals surface area contributed by atoms with Gasteiger partial charge in [0.25, 0.3) is 0 Å². The molecule has 0 radical (unpaired) electrons. The van der Waals surface area contributed by atoms with Crippen LogP contribution in [0.2, 0.25) is 0 Å². The Kier molecular flexibility index (Phi) is 7.99. The number of anilines is 3. The normalized spacial score (nSPS) is 12.8. The monoisotopic (exact) mass is 735 g/mol. The summed E-state index contributed by atoms with van der Waals surface area (Å²) in [6.45, 7) is 4.43. The number of aryl methyl sites for hydroxylation is 3. The van der Waals surface area contributed by atoms with Crippen molar-refractivity contribution in [2.24, 2.45) is 0 Å². The van der Waals surface area contributed by atoms with E-state index in [9.17, 15) is 0 Å². The summed E-state index contributed by atoms with van der Waals surface area (Å²) in [7, 11) is 0. The van der Waals surface area contributed by atoms with Gasteiger partial charge in [-0.3, -0.25) is 0 Å². The maximum atomic E-state index is 3.61. The van der Waals surface area contributed by atoms with Crippen molar-refractivity contribution >= 4 is 70.5 Å². The molecule has 1 aliphatic carbocycles. The van der Waals surface area contributed by atoms with Gasteiger partial charge in [0.2, 0.25) is 0 Å². The summed E-state index contributed by atoms with van der Waals surface area (Å²) in [5, 5.41) is 5.29. The number of hydrogen-bond donors (Lipinski definition) is 0. The van der Waals surface area contributed by atoms with Crippen molar-refractivity contribution in [1.29, 1.82) is 0 Å². The summed E-state index contributed by atoms with van der Waals surface area (Å²) in [5.74, 6) is 0. The average Bonchev–Trinajstić information content (AvgIpc) is 3.09. The number of benzene rings is 7. The molecule has 47 heavy (non-hydrogen) atoms. The van der Waals surface area contributed by atoms with Crippen LogP contribution in [0.25, 0.3) is 43.8 Å². The quantitative estimate of drug-likeness (QED) is 0.159. The first-order chi connectivity index (χ1) is 22.9. The van der Waals surface area contributed by atoms with Crippen molar-refractivity contribution in [3.8, 4) is 22.3 Å². The van der Waals surface area contributed by atoms with Gasteiger partial charge in [0, 0.05) is 26.0 Å². The number of hydrogen-bond acceptors (Lipinski definition) is 1. The summed E-state index contributed by atoms with van der Waals surface area (Å²) in [4.78, 5) is 2.31. The summed E-state index contributed by atoms with van der Waals surface area (Å²) in [6, 6.07) is 47.3. The van der Waals surface area contributed by atoms with E-state index >= 15 is 0 Å². The van der Waals surface area contributed by atoms with E-state index in [1.165, 1.54) is 79.8 Å². The molecule has 0 unspecified atom stereocenters. The Balaban J connectivity index is 1.35. The zero-order valence-electron chi connectivity index (χ0n) is 26.7. The lowest BCUT2D eigenvalue weighted by Crippen LogP contribution is -2.09. The Morgan fingerprint density at radius 2 is 1.00 bits per heavy atom. The molecule has 0 spiro atoms. The van der Waals surface area contributed by atoms with E-state index in [0.29, 0.717) is 0 Å². The first kappa shape index (κ1) is 30.2. The van der Waals surface area contributed by atoms with Crippen molar-refractivity contribution < 1.29 is 0 Å². The van der Waals surface area contributed by atoms with Crippen molar-refractivity contribution in [3.63, 3.8) is 0 Å². The summed E-state index contributed by atoms with van der Waals surface area (Å²) in [5.41, 5.74) is 14.3. The zero-order chi connectivity index (χ0) is 32.1. The standard InChI is InChI=1S/C44H35Br2N/c1-28-11-25-40-41(26-28)43(39-24-10-29(2)27-42(39)44(40)38-9-5-7-30-6-3-4-8-37(30)38)31-12-18-34(19-13-31)47(35-20-14-32(45)15-21-35)36-22-16-33(46)17-23-36/h5,7,9-27H,3-4,6,8H2,1-2H3. The smallest absolute Gasteiger partial charge is 0.0462 e. The largest absolute Gasteiger partial charge is 0.311 e. The lowest BCUT2D eigenvalue weighted by Gasteiger charge is -2.26. The Morgan fingerprint density at radius 3 is 1.60 bits per heavy atom. The van der Waals surface area contributed by atoms with E-state index in [1.807, 2.05) is 0 Å². The highest BCUT2D eigenvalue weighted by molar-refractivity contribution is 9.10. The Bertz CT molecular complexity index is 2220. The maximum Gasteiger partial charge on any atom is 0.0462 e. The van der Waals surface area contributed by atoms with Crippen LogP contribution in [0.1, 0.15) is 35.1 Å². The van der Waals surface area contributed by atoms with Gasteiger partial charge in [-0.2, -0.15) is 0 Å². The van der Waals surface area contributed by atoms with Crippen molar-refractivity contribution in [3.05, 3.63) is 159 Å². The van der Waals surface area contributed by atoms with Gasteiger partial charge in [-0.15, -0.1) is 0 Å². The molecule has 7 aromatic rings. The molecule has 0 saturated carbocycles. The van der Waals surface area contributed by atoms with Crippen LogP contribution < -0.4 is 4.90 Å². The molecule has 230 valence electrons. The van der Waals surface area contributed by atoms with E-state index < -0.39 is 0 Å². The molecule has 8 rings (SSSR count). The van der Waals surface area contributed by atoms with Crippen LogP contribution in [0.15, 0.2) is 136 Å². The minimum atomic E-state index is 1.07. The summed E-state index contributed by atoms with van der Waals surface area (Å²) >= 11 is 7.23. The second kappa shape index (κ2) is 12.4. The van der Waals surface area contributed by atoms with Gasteiger partial charge in [0.15, 0.2) is 0 Å². The molecule has 0 N–H and O–H groups in total. The van der Waals surface area contributed by atoms with Crippen LogP contribution in [0.5, 0.6) is 0 Å². The van der Waals surface area contributed by atoms with Gasteiger partial charge >= 0.3 is 0 Å². The van der Waals surface area contributed by atoms with Gasteiger partial charge in [0.1, 0.15) is 0 Å². The highest BCUT2D eigenvalue weighted by Gasteiger charge is 2.22. The maximum absolute atomic E-state index is 3.61. The van der Waals surface area contributed by atoms with E-state index in [0.717, 1.165) is 32.4 Å². The Labute approximate surface area is 294 Å². The molecule has 0 aromatic heterocycles. The number of rotatable bonds is 5. The predicted molar refractivity (Wildman–Crippen MR) is 209 cm³/mol. The molecular weight excluding hydrogens is 702 g/mol. The van der Waals surface area contributed by atoms with Gasteiger partial charge in [-0.05, 0) is 155 Å². The number of halogens is 2. The fraction of sp³-hybridized carbons (Fsp3) is 0.136. The highest BCUT2D eigenvalue weighted by Crippen LogP contribution is 2.47. The molecule has 7 aromatic carbocycles. The molecular formula is C44H35Br2N. The highest BCUT2D eigenvalue weighted by atomic mass is 79.9. The molecule has 0 fully saturated rings. The van der Waals surface area contributed by atoms with Crippen molar-refractivity contribution in [2.75, 3.05) is 4.90 Å². The molecule has 0 bridgehead atoms. The van der Waals surface area contributed by atoms with Crippen LogP contribution >= 0.6 is 31.9 Å². The van der Waals surface area contributed by atoms with Crippen LogP contribution in [0.4, 0.5) is 17.1 Å². The molecule has 0 atom stereocenters. The minimum absolute atomic E-state index is 1.07. The third-order valence-corrected chi connectivity index (χ3v) is 10.7. The lowest BCUT2D eigenvalue weighted by atomic mass is 9.80. The molecule has 3 heteroatoms. The molecule has 0 aliphatic heterocycles. The zero-order valence-corrected chi connectivity index (χ0v) is 29.8. The molecule has 0 heterocycles. The second-order valence-electron chi connectivity index (χ2n) is 12.8. The Hall–Kier alpha value is -4.18. The van der Waals surface area contributed by atoms with Crippen LogP contribution in [0, 0.1) is 13.8 Å². The van der Waals surface area contributed by atoms with Gasteiger partial charge in [-0.25, -0.2) is 0 Å². The molecule has 0 amide bonds. The lowest BCUT2D eigenvalue weighted by molar-refractivity contribution is 0.687. The SMILES string of the molecule is Cc1ccc2c(-c3cccc4c3CCCC4)c3cc(C)ccc3c(-c3ccc(N(c4ccc(Br)cc4)c4ccc(Br)cc4)cc3)c2c1. The minimum Gasteiger partial charge on any atom is -0.311 e. The van der Waals surface area contributed by atoms with E-state index in [1.54, 1.807) is 5.56 Å². The predicted octanol–water partition coefficient (Wildman–Crippen LogP) is 13.8. The molecule has 0 saturated heterocycles. The first-order valence-electron chi connectivity index (χ1n) is 16.4. The van der Waals surface area contributed by atoms with Crippen LogP contribution in [0.3, 0.4) is 0 Å². The number of fused-ring (bicyclic) bond motifs is 3. The topological polar surface area (TPSA) is 3.24 Å². The van der Waals surface area contributed by atoms with Crippen LogP contribution in [-0.2, 0) is 12.8 Å². The molecule has 1 nitrogen and oxygen atoms in total. The third kappa shape index (κ3) is 5.60. The summed E-state index contributed by atoms with van der Waals surface area (Å²) < 4.78 is 2.13.